The number of carbonyl (C=O) groups is 1. The fourth-order valence-corrected chi connectivity index (χ4v) is 2.20. The summed E-state index contributed by atoms with van der Waals surface area (Å²) < 4.78 is 15.4. The van der Waals surface area contributed by atoms with Crippen molar-refractivity contribution in [1.82, 2.24) is 10.5 Å². The Hall–Kier alpha value is -2.50. The second kappa shape index (κ2) is 6.98. The Balaban J connectivity index is 2.00. The quantitative estimate of drug-likeness (QED) is 0.886. The smallest absolute Gasteiger partial charge is 0.251 e. The number of ether oxygens (including phenoxy) is 2. The molecule has 0 spiro atoms. The summed E-state index contributed by atoms with van der Waals surface area (Å²) in [4.78, 5) is 12.2. The zero-order valence-electron chi connectivity index (χ0n) is 13.2. The Morgan fingerprint density at radius 2 is 1.82 bits per heavy atom. The lowest BCUT2D eigenvalue weighted by atomic mass is 10.1. The largest absolute Gasteiger partial charge is 0.497 e. The van der Waals surface area contributed by atoms with Crippen LogP contribution in [0.2, 0.25) is 0 Å². The molecule has 1 heterocycles. The molecule has 22 heavy (non-hydrogen) atoms. The number of hydrogen-bond acceptors (Lipinski definition) is 5. The maximum absolute atomic E-state index is 12.2. The van der Waals surface area contributed by atoms with Crippen molar-refractivity contribution in [2.45, 2.75) is 20.3 Å². The molecule has 0 atom stereocenters. The lowest BCUT2D eigenvalue weighted by Crippen LogP contribution is -2.26. The van der Waals surface area contributed by atoms with Gasteiger partial charge in [-0.05, 0) is 32.4 Å². The highest BCUT2D eigenvalue weighted by molar-refractivity contribution is 5.95. The zero-order valence-corrected chi connectivity index (χ0v) is 13.2. The number of rotatable bonds is 6. The first-order valence-electron chi connectivity index (χ1n) is 6.98. The average Bonchev–Trinajstić information content (AvgIpc) is 2.85. The Morgan fingerprint density at radius 1 is 1.18 bits per heavy atom. The van der Waals surface area contributed by atoms with Crippen molar-refractivity contribution in [3.8, 4) is 11.5 Å². The molecule has 0 aliphatic heterocycles. The van der Waals surface area contributed by atoms with Gasteiger partial charge in [-0.3, -0.25) is 4.79 Å². The fourth-order valence-electron chi connectivity index (χ4n) is 2.20. The predicted octanol–water partition coefficient (Wildman–Crippen LogP) is 2.28. The Kier molecular flexibility index (Phi) is 5.04. The summed E-state index contributed by atoms with van der Waals surface area (Å²) in [6.45, 7) is 4.26. The number of aromatic nitrogens is 1. The van der Waals surface area contributed by atoms with E-state index < -0.39 is 0 Å². The summed E-state index contributed by atoms with van der Waals surface area (Å²) in [6, 6.07) is 5.07. The first kappa shape index (κ1) is 15.9. The molecule has 0 saturated heterocycles. The third-order valence-corrected chi connectivity index (χ3v) is 3.46. The van der Waals surface area contributed by atoms with Crippen molar-refractivity contribution in [2.75, 3.05) is 20.8 Å². The number of hydrogen-bond donors (Lipinski definition) is 1. The van der Waals surface area contributed by atoms with Gasteiger partial charge in [-0.2, -0.15) is 0 Å². The summed E-state index contributed by atoms with van der Waals surface area (Å²) in [6.07, 6.45) is 0.675. The zero-order chi connectivity index (χ0) is 16.1. The summed E-state index contributed by atoms with van der Waals surface area (Å²) in [5.74, 6) is 1.77. The van der Waals surface area contributed by atoms with Gasteiger partial charge in [0.1, 0.15) is 17.3 Å². The molecule has 0 fully saturated rings. The van der Waals surface area contributed by atoms with E-state index in [1.165, 1.54) is 0 Å². The van der Waals surface area contributed by atoms with Crippen molar-refractivity contribution in [3.63, 3.8) is 0 Å². The Labute approximate surface area is 129 Å². The second-order valence-corrected chi connectivity index (χ2v) is 4.91. The highest BCUT2D eigenvalue weighted by atomic mass is 16.5. The topological polar surface area (TPSA) is 73.6 Å². The summed E-state index contributed by atoms with van der Waals surface area (Å²) >= 11 is 0. The van der Waals surface area contributed by atoms with Gasteiger partial charge in [-0.15, -0.1) is 0 Å². The number of methoxy groups -OCH3 is 2. The van der Waals surface area contributed by atoms with E-state index in [-0.39, 0.29) is 5.91 Å². The second-order valence-electron chi connectivity index (χ2n) is 4.91. The highest BCUT2D eigenvalue weighted by Gasteiger charge is 2.12. The molecule has 6 nitrogen and oxygen atoms in total. The van der Waals surface area contributed by atoms with Crippen LogP contribution in [0.4, 0.5) is 0 Å². The molecule has 1 aromatic carbocycles. The molecule has 2 aromatic rings. The highest BCUT2D eigenvalue weighted by Crippen LogP contribution is 2.22. The first-order valence-corrected chi connectivity index (χ1v) is 6.98. The van der Waals surface area contributed by atoms with E-state index in [4.69, 9.17) is 14.0 Å². The third-order valence-electron chi connectivity index (χ3n) is 3.46. The van der Waals surface area contributed by atoms with Gasteiger partial charge in [-0.25, -0.2) is 0 Å². The molecule has 0 aliphatic rings. The van der Waals surface area contributed by atoms with Gasteiger partial charge in [0.2, 0.25) is 0 Å². The van der Waals surface area contributed by atoms with E-state index in [0.717, 1.165) is 17.0 Å². The van der Waals surface area contributed by atoms with E-state index in [1.807, 2.05) is 13.8 Å². The molecule has 0 saturated carbocycles. The van der Waals surface area contributed by atoms with Gasteiger partial charge in [0.15, 0.2) is 0 Å². The van der Waals surface area contributed by atoms with Crippen LogP contribution >= 0.6 is 0 Å². The molecule has 0 radical (unpaired) electrons. The van der Waals surface area contributed by atoms with Gasteiger partial charge >= 0.3 is 0 Å². The van der Waals surface area contributed by atoms with Gasteiger partial charge in [0.05, 0.1) is 19.9 Å². The van der Waals surface area contributed by atoms with Crippen LogP contribution in [0.5, 0.6) is 11.5 Å². The average molecular weight is 304 g/mol. The number of benzene rings is 1. The Bertz CT molecular complexity index is 622. The molecule has 0 aliphatic carbocycles. The predicted molar refractivity (Wildman–Crippen MR) is 81.6 cm³/mol. The van der Waals surface area contributed by atoms with Crippen molar-refractivity contribution in [2.24, 2.45) is 0 Å². The minimum Gasteiger partial charge on any atom is -0.497 e. The minimum absolute atomic E-state index is 0.177. The molecule has 118 valence electrons. The van der Waals surface area contributed by atoms with Crippen LogP contribution in [0.25, 0.3) is 0 Å². The summed E-state index contributed by atoms with van der Waals surface area (Å²) in [7, 11) is 3.10. The monoisotopic (exact) mass is 304 g/mol. The lowest BCUT2D eigenvalue weighted by Gasteiger charge is -2.09. The van der Waals surface area contributed by atoms with Crippen LogP contribution in [-0.2, 0) is 6.42 Å². The molecule has 0 unspecified atom stereocenters. The molecule has 1 amide bonds. The number of amides is 1. The van der Waals surface area contributed by atoms with Gasteiger partial charge < -0.3 is 19.3 Å². The van der Waals surface area contributed by atoms with E-state index in [9.17, 15) is 4.79 Å². The molecule has 1 N–H and O–H groups in total. The fraction of sp³-hybridized carbons (Fsp3) is 0.375. The third kappa shape index (κ3) is 3.58. The van der Waals surface area contributed by atoms with Crippen molar-refractivity contribution < 1.29 is 18.8 Å². The first-order chi connectivity index (χ1) is 10.5. The van der Waals surface area contributed by atoms with E-state index in [1.54, 1.807) is 32.4 Å². The van der Waals surface area contributed by atoms with Crippen LogP contribution < -0.4 is 14.8 Å². The van der Waals surface area contributed by atoms with Gasteiger partial charge in [0.25, 0.3) is 5.91 Å². The molecule has 2 rings (SSSR count). The molecular formula is C16H20N2O4. The van der Waals surface area contributed by atoms with Crippen LogP contribution in [0.3, 0.4) is 0 Å². The standard InChI is InChI=1S/C16H20N2O4/c1-10-15(11(2)22-18-10)5-6-17-16(19)12-7-13(20-3)9-14(8-12)21-4/h7-9H,5-6H2,1-4H3,(H,17,19). The molecule has 1 aromatic heterocycles. The molecular weight excluding hydrogens is 284 g/mol. The number of carbonyl (C=O) groups excluding carboxylic acids is 1. The van der Waals surface area contributed by atoms with E-state index in [0.29, 0.717) is 30.0 Å². The van der Waals surface area contributed by atoms with Gasteiger partial charge in [-0.1, -0.05) is 5.16 Å². The van der Waals surface area contributed by atoms with Crippen molar-refractivity contribution in [1.29, 1.82) is 0 Å². The van der Waals surface area contributed by atoms with E-state index >= 15 is 0 Å². The van der Waals surface area contributed by atoms with Crippen molar-refractivity contribution in [3.05, 3.63) is 40.8 Å². The number of nitrogens with one attached hydrogen (secondary N) is 1. The van der Waals surface area contributed by atoms with Crippen molar-refractivity contribution >= 4 is 5.91 Å². The Morgan fingerprint density at radius 3 is 2.32 bits per heavy atom. The number of nitrogens with zero attached hydrogens (tertiary/aromatic N) is 1. The molecule has 0 bridgehead atoms. The maximum Gasteiger partial charge on any atom is 0.251 e. The van der Waals surface area contributed by atoms with Crippen LogP contribution in [-0.4, -0.2) is 31.8 Å². The van der Waals surface area contributed by atoms with Crippen LogP contribution in [0.15, 0.2) is 22.7 Å². The lowest BCUT2D eigenvalue weighted by molar-refractivity contribution is 0.0953. The minimum atomic E-state index is -0.177. The van der Waals surface area contributed by atoms with Crippen LogP contribution in [0, 0.1) is 13.8 Å². The SMILES string of the molecule is COc1cc(OC)cc(C(=O)NCCc2c(C)noc2C)c1. The summed E-state index contributed by atoms with van der Waals surface area (Å²) in [5.41, 5.74) is 2.38. The normalized spacial score (nSPS) is 10.4. The summed E-state index contributed by atoms with van der Waals surface area (Å²) in [5, 5.41) is 6.77. The van der Waals surface area contributed by atoms with Crippen LogP contribution in [0.1, 0.15) is 27.4 Å². The number of aryl methyl sites for hydroxylation is 2. The maximum atomic E-state index is 12.2. The van der Waals surface area contributed by atoms with Gasteiger partial charge in [0, 0.05) is 23.7 Å². The van der Waals surface area contributed by atoms with E-state index in [2.05, 4.69) is 10.5 Å². The molecule has 6 heteroatoms.